The molecular weight excluding hydrogens is 298 g/mol. The molecule has 0 spiro atoms. The number of hydrogen-bond acceptors (Lipinski definition) is 3. The van der Waals surface area contributed by atoms with Crippen LogP contribution in [0.25, 0.3) is 0 Å². The molecule has 4 heteroatoms. The van der Waals surface area contributed by atoms with Crippen LogP contribution in [0.15, 0.2) is 54.6 Å². The molecular formula is C20H27N3O. The lowest BCUT2D eigenvalue weighted by Crippen LogP contribution is -2.41. The second-order valence-corrected chi connectivity index (χ2v) is 6.16. The van der Waals surface area contributed by atoms with Gasteiger partial charge in [-0.15, -0.1) is 0 Å². The molecule has 0 aromatic heterocycles. The predicted octanol–water partition coefficient (Wildman–Crippen LogP) is 3.60. The molecule has 24 heavy (non-hydrogen) atoms. The number of carbonyl (C=O) groups is 1. The Morgan fingerprint density at radius 3 is 2.21 bits per heavy atom. The Labute approximate surface area is 145 Å². The number of amides is 1. The number of nitrogens with zero attached hydrogens (tertiary/aromatic N) is 2. The Hall–Kier alpha value is -2.33. The first-order valence-corrected chi connectivity index (χ1v) is 8.37. The van der Waals surface area contributed by atoms with E-state index in [1.807, 2.05) is 51.4 Å². The third-order valence-corrected chi connectivity index (χ3v) is 4.21. The van der Waals surface area contributed by atoms with Crippen LogP contribution in [0.2, 0.25) is 0 Å². The van der Waals surface area contributed by atoms with Gasteiger partial charge in [-0.3, -0.25) is 9.69 Å². The second-order valence-electron chi connectivity index (χ2n) is 6.16. The van der Waals surface area contributed by atoms with E-state index in [1.54, 1.807) is 0 Å². The summed E-state index contributed by atoms with van der Waals surface area (Å²) in [6.45, 7) is 5.61. The largest absolute Gasteiger partial charge is 0.378 e. The fourth-order valence-corrected chi connectivity index (χ4v) is 2.59. The normalized spacial score (nSPS) is 12.0. The first kappa shape index (κ1) is 18.0. The lowest BCUT2D eigenvalue weighted by molar-refractivity contribution is -0.120. The Balaban J connectivity index is 2.00. The lowest BCUT2D eigenvalue weighted by Gasteiger charge is -2.27. The highest BCUT2D eigenvalue weighted by atomic mass is 16.2. The Morgan fingerprint density at radius 2 is 1.67 bits per heavy atom. The van der Waals surface area contributed by atoms with Gasteiger partial charge in [0, 0.05) is 32.0 Å². The number of benzene rings is 2. The number of hydrogen-bond donors (Lipinski definition) is 1. The average Bonchev–Trinajstić information content (AvgIpc) is 2.60. The van der Waals surface area contributed by atoms with Crippen molar-refractivity contribution >= 4 is 17.3 Å². The molecule has 0 unspecified atom stereocenters. The fraction of sp³-hybridized carbons (Fsp3) is 0.350. The number of para-hydroxylation sites is 1. The molecule has 0 bridgehead atoms. The SMILES string of the molecule is CCN(Cc1ccc(N(C)C)cc1)[C@@H](C)C(=O)Nc1ccccc1. The molecule has 0 radical (unpaired) electrons. The maximum atomic E-state index is 12.5. The van der Waals surface area contributed by atoms with Crippen molar-refractivity contribution < 1.29 is 4.79 Å². The quantitative estimate of drug-likeness (QED) is 0.845. The maximum Gasteiger partial charge on any atom is 0.241 e. The van der Waals surface area contributed by atoms with Crippen LogP contribution in [0.3, 0.4) is 0 Å². The predicted molar refractivity (Wildman–Crippen MR) is 101 cm³/mol. The molecule has 0 aliphatic carbocycles. The topological polar surface area (TPSA) is 35.6 Å². The number of rotatable bonds is 7. The summed E-state index contributed by atoms with van der Waals surface area (Å²) < 4.78 is 0. The van der Waals surface area contributed by atoms with E-state index in [1.165, 1.54) is 11.3 Å². The summed E-state index contributed by atoms with van der Waals surface area (Å²) in [6, 6.07) is 17.9. The summed E-state index contributed by atoms with van der Waals surface area (Å²) in [6.07, 6.45) is 0. The Morgan fingerprint density at radius 1 is 1.04 bits per heavy atom. The molecule has 0 fully saturated rings. The van der Waals surface area contributed by atoms with Gasteiger partial charge in [0.25, 0.3) is 0 Å². The minimum Gasteiger partial charge on any atom is -0.378 e. The van der Waals surface area contributed by atoms with E-state index < -0.39 is 0 Å². The molecule has 0 aliphatic rings. The van der Waals surface area contributed by atoms with Gasteiger partial charge in [-0.25, -0.2) is 0 Å². The van der Waals surface area contributed by atoms with E-state index in [2.05, 4.69) is 46.3 Å². The maximum absolute atomic E-state index is 12.5. The van der Waals surface area contributed by atoms with Crippen LogP contribution in [-0.2, 0) is 11.3 Å². The molecule has 1 N–H and O–H groups in total. The van der Waals surface area contributed by atoms with Crippen LogP contribution in [0, 0.1) is 0 Å². The van der Waals surface area contributed by atoms with Gasteiger partial charge in [0.2, 0.25) is 5.91 Å². The van der Waals surface area contributed by atoms with Crippen molar-refractivity contribution in [2.75, 3.05) is 30.9 Å². The number of anilines is 2. The monoisotopic (exact) mass is 325 g/mol. The minimum atomic E-state index is -0.191. The van der Waals surface area contributed by atoms with Crippen molar-refractivity contribution in [2.24, 2.45) is 0 Å². The minimum absolute atomic E-state index is 0.0213. The van der Waals surface area contributed by atoms with Crippen molar-refractivity contribution in [3.05, 3.63) is 60.2 Å². The van der Waals surface area contributed by atoms with Gasteiger partial charge in [-0.2, -0.15) is 0 Å². The third kappa shape index (κ3) is 4.83. The zero-order valence-electron chi connectivity index (χ0n) is 15.0. The zero-order valence-corrected chi connectivity index (χ0v) is 15.0. The summed E-state index contributed by atoms with van der Waals surface area (Å²) in [5, 5.41) is 2.98. The highest BCUT2D eigenvalue weighted by Gasteiger charge is 2.20. The van der Waals surface area contributed by atoms with Crippen LogP contribution < -0.4 is 10.2 Å². The van der Waals surface area contributed by atoms with Crippen molar-refractivity contribution in [1.29, 1.82) is 0 Å². The molecule has 1 atom stereocenters. The van der Waals surface area contributed by atoms with E-state index in [-0.39, 0.29) is 11.9 Å². The van der Waals surface area contributed by atoms with Gasteiger partial charge < -0.3 is 10.2 Å². The van der Waals surface area contributed by atoms with E-state index in [0.717, 1.165) is 18.8 Å². The van der Waals surface area contributed by atoms with E-state index in [4.69, 9.17) is 0 Å². The molecule has 2 aromatic carbocycles. The summed E-state index contributed by atoms with van der Waals surface area (Å²) in [7, 11) is 4.06. The molecule has 0 saturated heterocycles. The van der Waals surface area contributed by atoms with Crippen molar-refractivity contribution in [3.63, 3.8) is 0 Å². The molecule has 2 rings (SSSR count). The van der Waals surface area contributed by atoms with E-state index in [0.29, 0.717) is 0 Å². The summed E-state index contributed by atoms with van der Waals surface area (Å²) in [4.78, 5) is 16.7. The molecule has 1 amide bonds. The molecule has 2 aromatic rings. The second kappa shape index (κ2) is 8.50. The summed E-state index contributed by atoms with van der Waals surface area (Å²) in [5.41, 5.74) is 3.22. The van der Waals surface area contributed by atoms with E-state index >= 15 is 0 Å². The van der Waals surface area contributed by atoms with Crippen LogP contribution in [0.5, 0.6) is 0 Å². The van der Waals surface area contributed by atoms with Crippen LogP contribution in [0.4, 0.5) is 11.4 Å². The van der Waals surface area contributed by atoms with Gasteiger partial charge >= 0.3 is 0 Å². The summed E-state index contributed by atoms with van der Waals surface area (Å²) >= 11 is 0. The molecule has 0 heterocycles. The van der Waals surface area contributed by atoms with Gasteiger partial charge in [0.15, 0.2) is 0 Å². The standard InChI is InChI=1S/C20H27N3O/c1-5-23(15-17-11-13-19(14-12-17)22(3)4)16(2)20(24)21-18-9-7-6-8-10-18/h6-14,16H,5,15H2,1-4H3,(H,21,24)/t16-/m0/s1. The Bertz CT molecular complexity index is 638. The smallest absolute Gasteiger partial charge is 0.241 e. The van der Waals surface area contributed by atoms with Crippen LogP contribution in [0.1, 0.15) is 19.4 Å². The molecule has 4 nitrogen and oxygen atoms in total. The van der Waals surface area contributed by atoms with Crippen molar-refractivity contribution in [1.82, 2.24) is 4.90 Å². The molecule has 0 aliphatic heterocycles. The number of likely N-dealkylation sites (N-methyl/N-ethyl adjacent to an activating group) is 1. The van der Waals surface area contributed by atoms with Crippen LogP contribution >= 0.6 is 0 Å². The molecule has 0 saturated carbocycles. The van der Waals surface area contributed by atoms with Gasteiger partial charge in [0.1, 0.15) is 0 Å². The average molecular weight is 325 g/mol. The molecule has 128 valence electrons. The number of carbonyl (C=O) groups excluding carboxylic acids is 1. The highest BCUT2D eigenvalue weighted by molar-refractivity contribution is 5.94. The van der Waals surface area contributed by atoms with Gasteiger partial charge in [-0.05, 0) is 43.3 Å². The lowest BCUT2D eigenvalue weighted by atomic mass is 10.1. The Kier molecular flexibility index (Phi) is 6.38. The van der Waals surface area contributed by atoms with E-state index in [9.17, 15) is 4.79 Å². The fourth-order valence-electron chi connectivity index (χ4n) is 2.59. The first-order chi connectivity index (χ1) is 11.5. The first-order valence-electron chi connectivity index (χ1n) is 8.37. The van der Waals surface area contributed by atoms with Gasteiger partial charge in [0.05, 0.1) is 6.04 Å². The zero-order chi connectivity index (χ0) is 17.5. The summed E-state index contributed by atoms with van der Waals surface area (Å²) in [5.74, 6) is 0.0213. The number of nitrogens with one attached hydrogen (secondary N) is 1. The van der Waals surface area contributed by atoms with Crippen LogP contribution in [-0.4, -0.2) is 37.5 Å². The van der Waals surface area contributed by atoms with Gasteiger partial charge in [-0.1, -0.05) is 37.3 Å². The third-order valence-electron chi connectivity index (χ3n) is 4.21. The van der Waals surface area contributed by atoms with Crippen molar-refractivity contribution in [2.45, 2.75) is 26.4 Å². The van der Waals surface area contributed by atoms with Crippen molar-refractivity contribution in [3.8, 4) is 0 Å². The highest BCUT2D eigenvalue weighted by Crippen LogP contribution is 2.15.